The van der Waals surface area contributed by atoms with Gasteiger partial charge in [-0.05, 0) is 56.8 Å². The molecule has 1 unspecified atom stereocenters. The maximum Gasteiger partial charge on any atom is 0.337 e. The molecule has 0 N–H and O–H groups in total. The molecule has 8 nitrogen and oxygen atoms in total. The van der Waals surface area contributed by atoms with Gasteiger partial charge in [-0.25, -0.2) is 4.79 Å². The first kappa shape index (κ1) is 22.0. The SMILES string of the molecule is CCN(CC)C(=O)c1cn(CC2CCCN(Cc3ccc(C(=O)OC)cc3)C2)nn1. The molecule has 3 rings (SSSR count). The molecule has 2 aromatic rings. The van der Waals surface area contributed by atoms with Gasteiger partial charge in [0.25, 0.3) is 5.91 Å². The normalized spacial score (nSPS) is 17.0. The van der Waals surface area contributed by atoms with Gasteiger partial charge >= 0.3 is 5.97 Å². The van der Waals surface area contributed by atoms with Crippen molar-refractivity contribution in [3.05, 3.63) is 47.3 Å². The number of hydrogen-bond acceptors (Lipinski definition) is 6. The lowest BCUT2D eigenvalue weighted by atomic mass is 9.97. The van der Waals surface area contributed by atoms with Crippen LogP contribution in [-0.4, -0.2) is 70.0 Å². The summed E-state index contributed by atoms with van der Waals surface area (Å²) in [6, 6.07) is 7.59. The Morgan fingerprint density at radius 3 is 2.60 bits per heavy atom. The van der Waals surface area contributed by atoms with E-state index in [1.807, 2.05) is 38.1 Å². The van der Waals surface area contributed by atoms with Crippen molar-refractivity contribution in [2.24, 2.45) is 5.92 Å². The van der Waals surface area contributed by atoms with E-state index in [0.29, 0.717) is 30.3 Å². The Morgan fingerprint density at radius 2 is 1.93 bits per heavy atom. The van der Waals surface area contributed by atoms with Crippen molar-refractivity contribution in [1.82, 2.24) is 24.8 Å². The molecule has 0 spiro atoms. The highest BCUT2D eigenvalue weighted by Crippen LogP contribution is 2.20. The number of nitrogens with zero attached hydrogens (tertiary/aromatic N) is 5. The van der Waals surface area contributed by atoms with E-state index in [-0.39, 0.29) is 11.9 Å². The number of aromatic nitrogens is 3. The van der Waals surface area contributed by atoms with Crippen molar-refractivity contribution in [3.63, 3.8) is 0 Å². The molecular weight excluding hydrogens is 382 g/mol. The third-order valence-corrected chi connectivity index (χ3v) is 5.64. The maximum atomic E-state index is 12.4. The minimum atomic E-state index is -0.314. The molecule has 30 heavy (non-hydrogen) atoms. The largest absolute Gasteiger partial charge is 0.465 e. The van der Waals surface area contributed by atoms with Gasteiger partial charge in [0.05, 0.1) is 18.9 Å². The fourth-order valence-corrected chi connectivity index (χ4v) is 3.99. The third-order valence-electron chi connectivity index (χ3n) is 5.64. The van der Waals surface area contributed by atoms with Crippen molar-refractivity contribution in [1.29, 1.82) is 0 Å². The van der Waals surface area contributed by atoms with Crippen LogP contribution in [0.25, 0.3) is 0 Å². The smallest absolute Gasteiger partial charge is 0.337 e. The van der Waals surface area contributed by atoms with E-state index in [1.165, 1.54) is 12.7 Å². The lowest BCUT2D eigenvalue weighted by molar-refractivity contribution is 0.0600. The minimum Gasteiger partial charge on any atom is -0.465 e. The van der Waals surface area contributed by atoms with Gasteiger partial charge in [-0.2, -0.15) is 0 Å². The quantitative estimate of drug-likeness (QED) is 0.619. The molecule has 162 valence electrons. The summed E-state index contributed by atoms with van der Waals surface area (Å²) >= 11 is 0. The Balaban J connectivity index is 1.55. The van der Waals surface area contributed by atoms with Crippen LogP contribution in [0.5, 0.6) is 0 Å². The Hall–Kier alpha value is -2.74. The number of hydrogen-bond donors (Lipinski definition) is 0. The van der Waals surface area contributed by atoms with Gasteiger partial charge < -0.3 is 9.64 Å². The summed E-state index contributed by atoms with van der Waals surface area (Å²) in [6.07, 6.45) is 4.03. The zero-order valence-electron chi connectivity index (χ0n) is 18.1. The minimum absolute atomic E-state index is 0.0630. The van der Waals surface area contributed by atoms with Crippen molar-refractivity contribution in [3.8, 4) is 0 Å². The lowest BCUT2D eigenvalue weighted by Crippen LogP contribution is -2.36. The second kappa shape index (κ2) is 10.3. The van der Waals surface area contributed by atoms with E-state index in [2.05, 4.69) is 15.2 Å². The molecule has 0 bridgehead atoms. The number of carbonyl (C=O) groups excluding carboxylic acids is 2. The molecule has 0 saturated carbocycles. The number of carbonyl (C=O) groups is 2. The van der Waals surface area contributed by atoms with Gasteiger partial charge in [0, 0.05) is 32.7 Å². The first-order chi connectivity index (χ1) is 14.5. The van der Waals surface area contributed by atoms with Crippen LogP contribution in [0.2, 0.25) is 0 Å². The number of esters is 1. The van der Waals surface area contributed by atoms with Crippen LogP contribution in [0.3, 0.4) is 0 Å². The molecule has 0 radical (unpaired) electrons. The number of benzene rings is 1. The van der Waals surface area contributed by atoms with Crippen LogP contribution in [-0.2, 0) is 17.8 Å². The second-order valence-electron chi connectivity index (χ2n) is 7.74. The summed E-state index contributed by atoms with van der Waals surface area (Å²) < 4.78 is 6.55. The number of amides is 1. The van der Waals surface area contributed by atoms with Gasteiger partial charge in [0.1, 0.15) is 0 Å². The molecule has 1 aliphatic rings. The van der Waals surface area contributed by atoms with E-state index >= 15 is 0 Å². The molecule has 1 aromatic heterocycles. The number of ether oxygens (including phenoxy) is 1. The van der Waals surface area contributed by atoms with Gasteiger partial charge in [-0.15, -0.1) is 5.10 Å². The Morgan fingerprint density at radius 1 is 1.20 bits per heavy atom. The van der Waals surface area contributed by atoms with Crippen molar-refractivity contribution in [2.75, 3.05) is 33.3 Å². The van der Waals surface area contributed by atoms with Crippen molar-refractivity contribution < 1.29 is 14.3 Å². The average molecular weight is 414 g/mol. The summed E-state index contributed by atoms with van der Waals surface area (Å²) in [5.41, 5.74) is 2.16. The van der Waals surface area contributed by atoms with Crippen molar-refractivity contribution in [2.45, 2.75) is 39.8 Å². The van der Waals surface area contributed by atoms with Gasteiger partial charge in [-0.1, -0.05) is 17.3 Å². The summed E-state index contributed by atoms with van der Waals surface area (Å²) in [5, 5.41) is 8.27. The van der Waals surface area contributed by atoms with E-state index in [1.54, 1.807) is 15.8 Å². The van der Waals surface area contributed by atoms with Gasteiger partial charge in [-0.3, -0.25) is 14.4 Å². The molecular formula is C22H31N5O3. The zero-order chi connectivity index (χ0) is 21.5. The first-order valence-electron chi connectivity index (χ1n) is 10.6. The number of rotatable bonds is 8. The molecule has 1 aliphatic heterocycles. The predicted octanol–water partition coefficient (Wildman–Crippen LogP) is 2.46. The second-order valence-corrected chi connectivity index (χ2v) is 7.74. The Kier molecular flexibility index (Phi) is 7.57. The molecule has 0 aliphatic carbocycles. The molecule has 1 saturated heterocycles. The predicted molar refractivity (Wildman–Crippen MR) is 113 cm³/mol. The first-order valence-corrected chi connectivity index (χ1v) is 10.6. The molecule has 1 amide bonds. The zero-order valence-corrected chi connectivity index (χ0v) is 18.1. The highest BCUT2D eigenvalue weighted by Gasteiger charge is 2.22. The monoisotopic (exact) mass is 413 g/mol. The fraction of sp³-hybridized carbons (Fsp3) is 0.545. The van der Waals surface area contributed by atoms with Crippen LogP contribution in [0, 0.1) is 5.92 Å². The topological polar surface area (TPSA) is 80.6 Å². The molecule has 1 fully saturated rings. The lowest BCUT2D eigenvalue weighted by Gasteiger charge is -2.32. The van der Waals surface area contributed by atoms with Crippen LogP contribution in [0.1, 0.15) is 53.1 Å². The van der Waals surface area contributed by atoms with E-state index in [9.17, 15) is 9.59 Å². The fourth-order valence-electron chi connectivity index (χ4n) is 3.99. The number of likely N-dealkylation sites (tertiary alicyclic amines) is 1. The number of piperidine rings is 1. The van der Waals surface area contributed by atoms with Crippen LogP contribution >= 0.6 is 0 Å². The molecule has 1 aromatic carbocycles. The van der Waals surface area contributed by atoms with Crippen LogP contribution in [0.15, 0.2) is 30.5 Å². The summed E-state index contributed by atoms with van der Waals surface area (Å²) in [4.78, 5) is 28.2. The highest BCUT2D eigenvalue weighted by atomic mass is 16.5. The van der Waals surface area contributed by atoms with Crippen molar-refractivity contribution >= 4 is 11.9 Å². The van der Waals surface area contributed by atoms with Crippen LogP contribution < -0.4 is 0 Å². The molecule has 2 heterocycles. The van der Waals surface area contributed by atoms with E-state index in [4.69, 9.17) is 4.74 Å². The Labute approximate surface area is 177 Å². The highest BCUT2D eigenvalue weighted by molar-refractivity contribution is 5.91. The summed E-state index contributed by atoms with van der Waals surface area (Å²) in [6.45, 7) is 8.89. The Bertz CT molecular complexity index is 845. The maximum absolute atomic E-state index is 12.4. The van der Waals surface area contributed by atoms with E-state index < -0.39 is 0 Å². The number of methoxy groups -OCH3 is 1. The standard InChI is InChI=1S/C22H31N5O3/c1-4-26(5-2)21(28)20-16-27(24-23-20)15-18-7-6-12-25(14-18)13-17-8-10-19(11-9-17)22(29)30-3/h8-11,16,18H,4-7,12-15H2,1-3H3. The van der Waals surface area contributed by atoms with Gasteiger partial charge in [0.15, 0.2) is 5.69 Å². The summed E-state index contributed by atoms with van der Waals surface area (Å²) in [5.74, 6) is 0.0874. The molecule has 8 heteroatoms. The molecule has 1 atom stereocenters. The third kappa shape index (κ3) is 5.44. The van der Waals surface area contributed by atoms with Gasteiger partial charge in [0.2, 0.25) is 0 Å². The van der Waals surface area contributed by atoms with E-state index in [0.717, 1.165) is 39.0 Å². The van der Waals surface area contributed by atoms with Crippen LogP contribution in [0.4, 0.5) is 0 Å². The summed E-state index contributed by atoms with van der Waals surface area (Å²) in [7, 11) is 1.39. The average Bonchev–Trinajstić information content (AvgIpc) is 3.23.